The maximum atomic E-state index is 6.02. The van der Waals surface area contributed by atoms with Gasteiger partial charge in [-0.1, -0.05) is 32.7 Å². The van der Waals surface area contributed by atoms with E-state index in [2.05, 4.69) is 34.6 Å². The maximum absolute atomic E-state index is 6.02. The average Bonchev–Trinajstić information content (AvgIpc) is 2.05. The van der Waals surface area contributed by atoms with E-state index in [9.17, 15) is 0 Å². The topological polar surface area (TPSA) is 31.9 Å². The third-order valence-electron chi connectivity index (χ3n) is 2.80. The largest absolute Gasteiger partial charge is 0.154 e. The van der Waals surface area contributed by atoms with E-state index in [1.807, 2.05) is 5.01 Å². The van der Waals surface area contributed by atoms with Crippen molar-refractivity contribution in [3.63, 3.8) is 0 Å². The lowest BCUT2D eigenvalue weighted by Gasteiger charge is -2.22. The molecule has 2 N–H and O–H groups in total. The van der Waals surface area contributed by atoms with Crippen molar-refractivity contribution in [3.8, 4) is 0 Å². The first-order valence-electron chi connectivity index (χ1n) is 5.07. The Kier molecular flexibility index (Phi) is 5.51. The first kappa shape index (κ1) is 11.9. The Morgan fingerprint density at radius 3 is 1.75 bits per heavy atom. The van der Waals surface area contributed by atoms with Crippen molar-refractivity contribution < 1.29 is 0 Å². The van der Waals surface area contributed by atoms with E-state index in [0.29, 0.717) is 18.0 Å². The quantitative estimate of drug-likeness (QED) is 0.385. The van der Waals surface area contributed by atoms with Crippen LogP contribution in [0, 0.1) is 5.92 Å². The van der Waals surface area contributed by atoms with Crippen LogP contribution in [0.1, 0.15) is 47.5 Å². The van der Waals surface area contributed by atoms with Crippen molar-refractivity contribution in [1.29, 1.82) is 0 Å². The molecule has 0 aromatic carbocycles. The van der Waals surface area contributed by atoms with Gasteiger partial charge in [-0.25, -0.2) is 0 Å². The third kappa shape index (κ3) is 3.11. The minimum Gasteiger partial charge on any atom is -0.130 e. The lowest BCUT2D eigenvalue weighted by molar-refractivity contribution is 0.211. The summed E-state index contributed by atoms with van der Waals surface area (Å²) in [6, 6.07) is 1.03. The summed E-state index contributed by atoms with van der Waals surface area (Å²) in [7, 11) is 0. The highest BCUT2D eigenvalue weighted by Crippen LogP contribution is 2.10. The molecular formula is C10H24N2+. The van der Waals surface area contributed by atoms with Crippen molar-refractivity contribution in [2.75, 3.05) is 0 Å². The number of hydrazine groups is 1. The van der Waals surface area contributed by atoms with Crippen LogP contribution in [0.2, 0.25) is 0 Å². The molecule has 0 saturated heterocycles. The van der Waals surface area contributed by atoms with Gasteiger partial charge in [0.05, 0.1) is 0 Å². The monoisotopic (exact) mass is 172 g/mol. The first-order valence-corrected chi connectivity index (χ1v) is 5.07. The van der Waals surface area contributed by atoms with Crippen molar-refractivity contribution in [2.45, 2.75) is 59.5 Å². The predicted molar refractivity (Wildman–Crippen MR) is 55.0 cm³/mol. The van der Waals surface area contributed by atoms with Gasteiger partial charge in [0.25, 0.3) is 0 Å². The van der Waals surface area contributed by atoms with Crippen molar-refractivity contribution in [2.24, 2.45) is 11.8 Å². The number of rotatable bonds is 5. The van der Waals surface area contributed by atoms with Gasteiger partial charge in [0, 0.05) is 18.8 Å². The molecule has 0 spiro atoms. The molecule has 1 unspecified atom stereocenters. The zero-order valence-corrected chi connectivity index (χ0v) is 9.17. The molecule has 0 aliphatic heterocycles. The van der Waals surface area contributed by atoms with Crippen LogP contribution >= 0.6 is 0 Å². The molecule has 12 heavy (non-hydrogen) atoms. The van der Waals surface area contributed by atoms with E-state index in [-0.39, 0.29) is 0 Å². The fourth-order valence-corrected chi connectivity index (χ4v) is 1.39. The van der Waals surface area contributed by atoms with E-state index in [0.717, 1.165) is 12.8 Å². The van der Waals surface area contributed by atoms with Crippen LogP contribution in [0.4, 0.5) is 0 Å². The van der Waals surface area contributed by atoms with Crippen LogP contribution < -0.4 is 10.9 Å². The Bertz CT molecular complexity index is 106. The fourth-order valence-electron chi connectivity index (χ4n) is 1.39. The molecule has 0 saturated carbocycles. The van der Waals surface area contributed by atoms with Crippen molar-refractivity contribution >= 4 is 0 Å². The molecule has 1 radical (unpaired) electrons. The molecule has 0 fully saturated rings. The van der Waals surface area contributed by atoms with Crippen LogP contribution in [0.3, 0.4) is 0 Å². The van der Waals surface area contributed by atoms with E-state index >= 15 is 0 Å². The highest BCUT2D eigenvalue weighted by atomic mass is 15.4. The van der Waals surface area contributed by atoms with Crippen LogP contribution in [0.5, 0.6) is 0 Å². The van der Waals surface area contributed by atoms with E-state index in [1.165, 1.54) is 0 Å². The van der Waals surface area contributed by atoms with Crippen molar-refractivity contribution in [1.82, 2.24) is 5.01 Å². The van der Waals surface area contributed by atoms with Gasteiger partial charge in [-0.3, -0.25) is 0 Å². The molecule has 73 valence electrons. The zero-order valence-electron chi connectivity index (χ0n) is 9.17. The van der Waals surface area contributed by atoms with Gasteiger partial charge in [-0.05, 0) is 6.92 Å². The van der Waals surface area contributed by atoms with E-state index in [1.54, 1.807) is 0 Å². The summed E-state index contributed by atoms with van der Waals surface area (Å²) >= 11 is 0. The van der Waals surface area contributed by atoms with Crippen LogP contribution in [-0.4, -0.2) is 12.1 Å². The van der Waals surface area contributed by atoms with Gasteiger partial charge in [-0.15, -0.1) is 5.84 Å². The standard InChI is InChI=1S/C10H24N2/c1-6-10(7-2)12(11)9(5)8(3)4/h8-10H,6-7,11H2,1-5H3/q+1. The SMILES string of the molecule is CCC(CC)[N+](N)C(C)C(C)C. The van der Waals surface area contributed by atoms with Crippen LogP contribution in [-0.2, 0) is 0 Å². The summed E-state index contributed by atoms with van der Waals surface area (Å²) in [6.45, 7) is 11.0. The summed E-state index contributed by atoms with van der Waals surface area (Å²) in [4.78, 5) is 0. The molecule has 2 nitrogen and oxygen atoms in total. The molecule has 0 rings (SSSR count). The highest BCUT2D eigenvalue weighted by Gasteiger charge is 2.29. The highest BCUT2D eigenvalue weighted by molar-refractivity contribution is 4.76. The minimum atomic E-state index is 0.481. The Morgan fingerprint density at radius 2 is 1.50 bits per heavy atom. The second kappa shape index (κ2) is 5.55. The molecule has 0 heterocycles. The Labute approximate surface area is 77.1 Å². The lowest BCUT2D eigenvalue weighted by atomic mass is 10.0. The Balaban J connectivity index is 4.05. The third-order valence-corrected chi connectivity index (χ3v) is 2.80. The van der Waals surface area contributed by atoms with Gasteiger partial charge < -0.3 is 0 Å². The molecule has 2 heteroatoms. The van der Waals surface area contributed by atoms with Gasteiger partial charge in [-0.2, -0.15) is 0 Å². The fraction of sp³-hybridized carbons (Fsp3) is 1.00. The molecular weight excluding hydrogens is 148 g/mol. The second-order valence-electron chi connectivity index (χ2n) is 3.90. The number of hydrogen-bond donors (Lipinski definition) is 1. The normalized spacial score (nSPS) is 14.8. The maximum Gasteiger partial charge on any atom is 0.154 e. The Morgan fingerprint density at radius 1 is 1.08 bits per heavy atom. The number of nitrogens with two attached hydrogens (primary N) is 1. The summed E-state index contributed by atoms with van der Waals surface area (Å²) in [5.74, 6) is 6.65. The van der Waals surface area contributed by atoms with Crippen LogP contribution in [0.25, 0.3) is 0 Å². The van der Waals surface area contributed by atoms with Gasteiger partial charge in [0.15, 0.2) is 12.1 Å². The summed E-state index contributed by atoms with van der Waals surface area (Å²) in [6.07, 6.45) is 2.29. The first-order chi connectivity index (χ1) is 5.54. The van der Waals surface area contributed by atoms with Crippen molar-refractivity contribution in [3.05, 3.63) is 0 Å². The second-order valence-corrected chi connectivity index (χ2v) is 3.90. The minimum absolute atomic E-state index is 0.481. The molecule has 1 atom stereocenters. The summed E-state index contributed by atoms with van der Waals surface area (Å²) in [5, 5.41) is 2.02. The van der Waals surface area contributed by atoms with Gasteiger partial charge in [0.2, 0.25) is 0 Å². The molecule has 0 aliphatic carbocycles. The van der Waals surface area contributed by atoms with E-state index < -0.39 is 0 Å². The molecule has 0 aromatic rings. The zero-order chi connectivity index (χ0) is 9.72. The number of hydrogen-bond acceptors (Lipinski definition) is 2. The van der Waals surface area contributed by atoms with Crippen LogP contribution in [0.15, 0.2) is 0 Å². The molecule has 0 bridgehead atoms. The number of nitrogens with zero attached hydrogens (tertiary/aromatic N) is 1. The molecule has 0 aromatic heterocycles. The van der Waals surface area contributed by atoms with Gasteiger partial charge in [0.1, 0.15) is 0 Å². The molecule has 0 aliphatic rings. The smallest absolute Gasteiger partial charge is 0.130 e. The average molecular weight is 172 g/mol. The lowest BCUT2D eigenvalue weighted by Crippen LogP contribution is -2.54. The summed E-state index contributed by atoms with van der Waals surface area (Å²) in [5.41, 5.74) is 0. The van der Waals surface area contributed by atoms with Gasteiger partial charge >= 0.3 is 0 Å². The Hall–Kier alpha value is -0.0800. The summed E-state index contributed by atoms with van der Waals surface area (Å²) < 4.78 is 0. The van der Waals surface area contributed by atoms with E-state index in [4.69, 9.17) is 5.84 Å². The molecule has 0 amide bonds. The predicted octanol–water partition coefficient (Wildman–Crippen LogP) is 2.23.